The molecule has 0 spiro atoms. The van der Waals surface area contributed by atoms with E-state index in [1.807, 2.05) is 35.2 Å². The average Bonchev–Trinajstić information content (AvgIpc) is 2.84. The van der Waals surface area contributed by atoms with Crippen molar-refractivity contribution in [2.75, 3.05) is 36.4 Å². The number of anilines is 2. The lowest BCUT2D eigenvalue weighted by Gasteiger charge is -2.39. The number of piperidine rings is 1. The van der Waals surface area contributed by atoms with Crippen LogP contribution in [0, 0.1) is 5.92 Å². The maximum atomic E-state index is 12.8. The summed E-state index contributed by atoms with van der Waals surface area (Å²) in [6.45, 7) is 2.78. The van der Waals surface area contributed by atoms with Gasteiger partial charge < -0.3 is 15.1 Å². The topological polar surface area (TPSA) is 78.4 Å². The highest BCUT2D eigenvalue weighted by Crippen LogP contribution is 2.31. The molecular weight excluding hydrogens is 450 g/mol. The van der Waals surface area contributed by atoms with Crippen LogP contribution in [0.5, 0.6) is 0 Å². The Balaban J connectivity index is 1.11. The minimum absolute atomic E-state index is 0.00290. The summed E-state index contributed by atoms with van der Waals surface area (Å²) < 4.78 is 0. The predicted octanol–water partition coefficient (Wildman–Crippen LogP) is 4.22. The van der Waals surface area contributed by atoms with E-state index in [0.29, 0.717) is 42.7 Å². The molecule has 0 atom stereocenters. The molecule has 0 radical (unpaired) electrons. The van der Waals surface area contributed by atoms with Gasteiger partial charge in [0.25, 0.3) is 5.91 Å². The Bertz CT molecular complexity index is 1160. The second-order valence-corrected chi connectivity index (χ2v) is 9.27. The first-order chi connectivity index (χ1) is 16.6. The van der Waals surface area contributed by atoms with Crippen LogP contribution in [0.2, 0.25) is 5.02 Å². The van der Waals surface area contributed by atoms with E-state index < -0.39 is 0 Å². The smallest absolute Gasteiger partial charge is 0.255 e. The normalized spacial score (nSPS) is 16.7. The lowest BCUT2D eigenvalue weighted by atomic mass is 9.89. The maximum absolute atomic E-state index is 12.8. The van der Waals surface area contributed by atoms with E-state index in [2.05, 4.69) is 32.5 Å². The van der Waals surface area contributed by atoms with Gasteiger partial charge in [0.15, 0.2) is 0 Å². The summed E-state index contributed by atoms with van der Waals surface area (Å²) >= 11 is 6.20. The van der Waals surface area contributed by atoms with Gasteiger partial charge in [-0.3, -0.25) is 9.59 Å². The number of carbonyl (C=O) groups is 2. The highest BCUT2D eigenvalue weighted by Gasteiger charge is 2.33. The Labute approximate surface area is 203 Å². The molecule has 2 saturated heterocycles. The van der Waals surface area contributed by atoms with Crippen molar-refractivity contribution < 1.29 is 9.59 Å². The Morgan fingerprint density at radius 2 is 1.68 bits per heavy atom. The van der Waals surface area contributed by atoms with Gasteiger partial charge in [-0.25, -0.2) is 0 Å². The van der Waals surface area contributed by atoms with Gasteiger partial charge in [-0.15, -0.1) is 0 Å². The Hall–Kier alpha value is -3.45. The highest BCUT2D eigenvalue weighted by atomic mass is 35.5. The fourth-order valence-electron chi connectivity index (χ4n) is 4.63. The molecule has 3 heterocycles. The predicted molar refractivity (Wildman–Crippen MR) is 132 cm³/mol. The molecule has 2 amide bonds. The molecular formula is C26H26ClN5O2. The van der Waals surface area contributed by atoms with E-state index >= 15 is 0 Å². The van der Waals surface area contributed by atoms with Crippen molar-refractivity contribution in [1.82, 2.24) is 15.1 Å². The van der Waals surface area contributed by atoms with Gasteiger partial charge in [-0.2, -0.15) is 10.2 Å². The van der Waals surface area contributed by atoms with Gasteiger partial charge in [0, 0.05) is 31.9 Å². The number of benzene rings is 2. The third-order valence-corrected chi connectivity index (χ3v) is 7.05. The summed E-state index contributed by atoms with van der Waals surface area (Å²) in [6, 6.07) is 17.2. The summed E-state index contributed by atoms with van der Waals surface area (Å²) in [5.74, 6) is 0.399. The van der Waals surface area contributed by atoms with Crippen molar-refractivity contribution in [1.29, 1.82) is 0 Å². The second-order valence-electron chi connectivity index (χ2n) is 8.86. The number of hydrogen-bond donors (Lipinski definition) is 1. The van der Waals surface area contributed by atoms with Crippen LogP contribution in [0.25, 0.3) is 0 Å². The Kier molecular flexibility index (Phi) is 6.45. The molecule has 1 N–H and O–H groups in total. The minimum atomic E-state index is -0.0344. The molecule has 5 rings (SSSR count). The summed E-state index contributed by atoms with van der Waals surface area (Å²) in [5.41, 5.74) is 3.60. The summed E-state index contributed by atoms with van der Waals surface area (Å²) in [7, 11) is 0. The van der Waals surface area contributed by atoms with Crippen LogP contribution >= 0.6 is 11.6 Å². The minimum Gasteiger partial charge on any atom is -0.368 e. The second kappa shape index (κ2) is 9.81. The van der Waals surface area contributed by atoms with Crippen molar-refractivity contribution in [2.24, 2.45) is 5.92 Å². The van der Waals surface area contributed by atoms with Crippen molar-refractivity contribution >= 4 is 34.8 Å². The number of aromatic nitrogens is 2. The molecule has 7 nitrogen and oxygen atoms in total. The molecule has 8 heteroatoms. The molecule has 2 fully saturated rings. The maximum Gasteiger partial charge on any atom is 0.255 e. The van der Waals surface area contributed by atoms with Crippen molar-refractivity contribution in [3.05, 3.63) is 83.1 Å². The molecule has 1 aromatic heterocycles. The van der Waals surface area contributed by atoms with Crippen molar-refractivity contribution in [3.63, 3.8) is 0 Å². The average molecular weight is 476 g/mol. The number of carbonyl (C=O) groups excluding carboxylic acids is 2. The first kappa shape index (κ1) is 22.3. The molecule has 0 bridgehead atoms. The van der Waals surface area contributed by atoms with E-state index in [4.69, 9.17) is 11.6 Å². The van der Waals surface area contributed by atoms with Crippen LogP contribution in [0.15, 0.2) is 67.0 Å². The molecule has 2 aliphatic rings. The zero-order valence-corrected chi connectivity index (χ0v) is 19.5. The van der Waals surface area contributed by atoms with Crippen LogP contribution in [0.3, 0.4) is 0 Å². The van der Waals surface area contributed by atoms with E-state index in [1.54, 1.807) is 24.5 Å². The lowest BCUT2D eigenvalue weighted by molar-refractivity contribution is -0.120. The zero-order valence-electron chi connectivity index (χ0n) is 18.7. The molecule has 2 aromatic carbocycles. The molecule has 2 aliphatic heterocycles. The number of hydrogen-bond acceptors (Lipinski definition) is 5. The quantitative estimate of drug-likeness (QED) is 0.597. The van der Waals surface area contributed by atoms with Gasteiger partial charge in [0.2, 0.25) is 5.91 Å². The monoisotopic (exact) mass is 475 g/mol. The number of amides is 2. The summed E-state index contributed by atoms with van der Waals surface area (Å²) in [6.07, 6.45) is 5.18. The first-order valence-electron chi connectivity index (χ1n) is 11.5. The fraction of sp³-hybridized carbons (Fsp3) is 0.308. The molecule has 0 unspecified atom stereocenters. The SMILES string of the molecule is O=C(Nc1ccc(C2CCN(C(=O)c3ccccc3Cl)CC2)cc1)C1CN(c2ccnnc2)C1. The number of likely N-dealkylation sites (tertiary alicyclic amines) is 1. The summed E-state index contributed by atoms with van der Waals surface area (Å²) in [5, 5.41) is 11.2. The van der Waals surface area contributed by atoms with Gasteiger partial charge >= 0.3 is 0 Å². The van der Waals surface area contributed by atoms with Crippen molar-refractivity contribution in [3.8, 4) is 0 Å². The molecule has 174 valence electrons. The first-order valence-corrected chi connectivity index (χ1v) is 11.9. The number of rotatable bonds is 5. The highest BCUT2D eigenvalue weighted by molar-refractivity contribution is 6.33. The largest absolute Gasteiger partial charge is 0.368 e. The van der Waals surface area contributed by atoms with E-state index in [1.165, 1.54) is 5.56 Å². The van der Waals surface area contributed by atoms with Crippen molar-refractivity contribution in [2.45, 2.75) is 18.8 Å². The third kappa shape index (κ3) is 4.75. The van der Waals surface area contributed by atoms with Crippen LogP contribution in [0.4, 0.5) is 11.4 Å². The van der Waals surface area contributed by atoms with E-state index in [-0.39, 0.29) is 17.7 Å². The van der Waals surface area contributed by atoms with Crippen LogP contribution in [0.1, 0.15) is 34.7 Å². The van der Waals surface area contributed by atoms with Crippen LogP contribution in [-0.2, 0) is 4.79 Å². The van der Waals surface area contributed by atoms with Crippen LogP contribution in [-0.4, -0.2) is 53.1 Å². The molecule has 34 heavy (non-hydrogen) atoms. The van der Waals surface area contributed by atoms with Gasteiger partial charge in [-0.1, -0.05) is 35.9 Å². The molecule has 3 aromatic rings. The number of halogens is 1. The van der Waals surface area contributed by atoms with E-state index in [0.717, 1.165) is 24.2 Å². The number of nitrogens with zero attached hydrogens (tertiary/aromatic N) is 4. The van der Waals surface area contributed by atoms with Crippen LogP contribution < -0.4 is 10.2 Å². The van der Waals surface area contributed by atoms with Gasteiger partial charge in [-0.05, 0) is 54.7 Å². The lowest BCUT2D eigenvalue weighted by Crippen LogP contribution is -2.52. The Morgan fingerprint density at radius 1 is 0.941 bits per heavy atom. The van der Waals surface area contributed by atoms with E-state index in [9.17, 15) is 9.59 Å². The molecule has 0 aliphatic carbocycles. The zero-order chi connectivity index (χ0) is 23.5. The van der Waals surface area contributed by atoms with Gasteiger partial charge in [0.05, 0.1) is 34.6 Å². The Morgan fingerprint density at radius 3 is 2.35 bits per heavy atom. The fourth-order valence-corrected chi connectivity index (χ4v) is 4.85. The number of nitrogens with one attached hydrogen (secondary N) is 1. The third-order valence-electron chi connectivity index (χ3n) is 6.72. The van der Waals surface area contributed by atoms with Gasteiger partial charge in [0.1, 0.15) is 0 Å². The standard InChI is InChI=1S/C26H26ClN5O2/c27-24-4-2-1-3-23(24)26(34)31-13-10-19(11-14-31)18-5-7-21(8-6-18)30-25(33)20-16-32(17-20)22-9-12-28-29-15-22/h1-9,12,15,19-20H,10-11,13-14,16-17H2,(H,30,33). The summed E-state index contributed by atoms with van der Waals surface area (Å²) in [4.78, 5) is 29.4. The molecule has 0 saturated carbocycles.